The van der Waals surface area contributed by atoms with E-state index < -0.39 is 0 Å². The third-order valence-corrected chi connectivity index (χ3v) is 4.44. The van der Waals surface area contributed by atoms with Gasteiger partial charge in [0.25, 0.3) is 0 Å². The quantitative estimate of drug-likeness (QED) is 0.570. The van der Waals surface area contributed by atoms with E-state index in [9.17, 15) is 0 Å². The molecule has 0 unspecified atom stereocenters. The van der Waals surface area contributed by atoms with Crippen molar-refractivity contribution in [3.05, 3.63) is 52.5 Å². The summed E-state index contributed by atoms with van der Waals surface area (Å²) in [4.78, 5) is 0. The normalized spacial score (nSPS) is 11.3. The van der Waals surface area contributed by atoms with Gasteiger partial charge in [0.05, 0.1) is 18.7 Å². The highest BCUT2D eigenvalue weighted by Crippen LogP contribution is 2.40. The lowest BCUT2D eigenvalue weighted by molar-refractivity contribution is 0.355. The topological polar surface area (TPSA) is 31.6 Å². The molecule has 1 aromatic heterocycles. The van der Waals surface area contributed by atoms with Gasteiger partial charge in [-0.1, -0.05) is 18.2 Å². The Labute approximate surface area is 143 Å². The van der Waals surface area contributed by atoms with Crippen LogP contribution in [0, 0.1) is 0 Å². The first-order chi connectivity index (χ1) is 11.2. The first kappa shape index (κ1) is 15.7. The summed E-state index contributed by atoms with van der Waals surface area (Å²) in [6.45, 7) is 2.00. The van der Waals surface area contributed by atoms with Crippen molar-refractivity contribution >= 4 is 33.0 Å². The maximum atomic E-state index is 6.02. The Morgan fingerprint density at radius 2 is 1.78 bits per heavy atom. The molecule has 0 atom stereocenters. The zero-order valence-electron chi connectivity index (χ0n) is 13.2. The molecule has 0 radical (unpaired) electrons. The first-order valence-electron chi connectivity index (χ1n) is 7.25. The number of benzene rings is 2. The highest BCUT2D eigenvalue weighted by Gasteiger charge is 2.16. The number of allylic oxidation sites excluding steroid dienone is 1. The summed E-state index contributed by atoms with van der Waals surface area (Å²) < 4.78 is 17.6. The standard InChI is InChI=1S/C19H17BrO3/c1-4-5-12-6-8-15-14(10-12)18(20)19(23-15)13-7-9-16(21-2)17(11-13)22-3/h4-11H,1-3H3/b5-4+. The third-order valence-electron chi connectivity index (χ3n) is 3.66. The smallest absolute Gasteiger partial charge is 0.161 e. The largest absolute Gasteiger partial charge is 0.493 e. The summed E-state index contributed by atoms with van der Waals surface area (Å²) in [6, 6.07) is 11.9. The van der Waals surface area contributed by atoms with Crippen LogP contribution in [0.3, 0.4) is 0 Å². The average molecular weight is 373 g/mol. The fourth-order valence-electron chi connectivity index (χ4n) is 2.54. The maximum Gasteiger partial charge on any atom is 0.161 e. The maximum absolute atomic E-state index is 6.02. The molecule has 0 bridgehead atoms. The minimum absolute atomic E-state index is 0.673. The van der Waals surface area contributed by atoms with Gasteiger partial charge in [-0.05, 0) is 58.7 Å². The molecule has 4 heteroatoms. The van der Waals surface area contributed by atoms with Crippen LogP contribution in [0.25, 0.3) is 28.4 Å². The van der Waals surface area contributed by atoms with E-state index in [0.29, 0.717) is 11.5 Å². The number of ether oxygens (including phenoxy) is 2. The molecule has 0 aliphatic heterocycles. The van der Waals surface area contributed by atoms with E-state index in [1.807, 2.05) is 43.3 Å². The van der Waals surface area contributed by atoms with Gasteiger partial charge in [-0.15, -0.1) is 0 Å². The molecular formula is C19H17BrO3. The fraction of sp³-hybridized carbons (Fsp3) is 0.158. The van der Waals surface area contributed by atoms with Crippen LogP contribution >= 0.6 is 15.9 Å². The lowest BCUT2D eigenvalue weighted by Crippen LogP contribution is -1.90. The number of hydrogen-bond acceptors (Lipinski definition) is 3. The van der Waals surface area contributed by atoms with Crippen molar-refractivity contribution in [3.63, 3.8) is 0 Å². The molecule has 0 fully saturated rings. The molecule has 3 rings (SSSR count). The van der Waals surface area contributed by atoms with Gasteiger partial charge in [0, 0.05) is 10.9 Å². The van der Waals surface area contributed by atoms with E-state index in [0.717, 1.165) is 32.3 Å². The monoisotopic (exact) mass is 372 g/mol. The predicted molar refractivity (Wildman–Crippen MR) is 97.2 cm³/mol. The van der Waals surface area contributed by atoms with E-state index in [1.165, 1.54) is 0 Å². The Hall–Kier alpha value is -2.20. The Bertz CT molecular complexity index is 878. The number of furan rings is 1. The molecule has 3 aromatic rings. The van der Waals surface area contributed by atoms with E-state index in [4.69, 9.17) is 13.9 Å². The molecule has 0 saturated heterocycles. The Morgan fingerprint density at radius 3 is 2.48 bits per heavy atom. The first-order valence-corrected chi connectivity index (χ1v) is 8.04. The molecule has 0 N–H and O–H groups in total. The van der Waals surface area contributed by atoms with Crippen LogP contribution in [0.1, 0.15) is 12.5 Å². The van der Waals surface area contributed by atoms with Crippen LogP contribution in [0.4, 0.5) is 0 Å². The third kappa shape index (κ3) is 2.86. The molecule has 0 aliphatic rings. The van der Waals surface area contributed by atoms with Crippen molar-refractivity contribution in [2.24, 2.45) is 0 Å². The summed E-state index contributed by atoms with van der Waals surface area (Å²) in [5.74, 6) is 2.14. The second kappa shape index (κ2) is 6.50. The van der Waals surface area contributed by atoms with Crippen molar-refractivity contribution in [3.8, 4) is 22.8 Å². The average Bonchev–Trinajstić information content (AvgIpc) is 2.91. The zero-order chi connectivity index (χ0) is 16.4. The summed E-state index contributed by atoms with van der Waals surface area (Å²) in [5.41, 5.74) is 2.91. The second-order valence-corrected chi connectivity index (χ2v) is 5.86. The predicted octanol–water partition coefficient (Wildman–Crippen LogP) is 5.91. The van der Waals surface area contributed by atoms with Crippen molar-refractivity contribution < 1.29 is 13.9 Å². The highest BCUT2D eigenvalue weighted by molar-refractivity contribution is 9.10. The van der Waals surface area contributed by atoms with Crippen molar-refractivity contribution in [2.45, 2.75) is 6.92 Å². The number of fused-ring (bicyclic) bond motifs is 1. The summed E-state index contributed by atoms with van der Waals surface area (Å²) in [5, 5.41) is 1.05. The van der Waals surface area contributed by atoms with Crippen LogP contribution in [0.5, 0.6) is 11.5 Å². The van der Waals surface area contributed by atoms with Gasteiger partial charge in [-0.2, -0.15) is 0 Å². The molecule has 23 heavy (non-hydrogen) atoms. The van der Waals surface area contributed by atoms with E-state index in [2.05, 4.69) is 28.1 Å². The summed E-state index contributed by atoms with van der Waals surface area (Å²) in [6.07, 6.45) is 4.08. The van der Waals surface area contributed by atoms with Gasteiger partial charge in [0.1, 0.15) is 11.3 Å². The number of methoxy groups -OCH3 is 2. The molecular weight excluding hydrogens is 356 g/mol. The Morgan fingerprint density at radius 1 is 1.00 bits per heavy atom. The van der Waals surface area contributed by atoms with Crippen LogP contribution in [0.15, 0.2) is 51.4 Å². The lowest BCUT2D eigenvalue weighted by Gasteiger charge is -2.08. The van der Waals surface area contributed by atoms with Gasteiger partial charge in [-0.25, -0.2) is 0 Å². The molecule has 0 amide bonds. The molecule has 3 nitrogen and oxygen atoms in total. The zero-order valence-corrected chi connectivity index (χ0v) is 14.8. The van der Waals surface area contributed by atoms with Crippen molar-refractivity contribution in [1.82, 2.24) is 0 Å². The SMILES string of the molecule is C/C=C/c1ccc2oc(-c3ccc(OC)c(OC)c3)c(Br)c2c1. The fourth-order valence-corrected chi connectivity index (χ4v) is 3.16. The van der Waals surface area contributed by atoms with Gasteiger partial charge in [0.2, 0.25) is 0 Å². The number of hydrogen-bond donors (Lipinski definition) is 0. The van der Waals surface area contributed by atoms with Gasteiger partial charge < -0.3 is 13.9 Å². The van der Waals surface area contributed by atoms with Gasteiger partial charge in [0.15, 0.2) is 11.5 Å². The van der Waals surface area contributed by atoms with E-state index in [-0.39, 0.29) is 0 Å². The van der Waals surface area contributed by atoms with Gasteiger partial charge in [-0.3, -0.25) is 0 Å². The van der Waals surface area contributed by atoms with E-state index in [1.54, 1.807) is 14.2 Å². The highest BCUT2D eigenvalue weighted by atomic mass is 79.9. The molecule has 0 spiro atoms. The second-order valence-electron chi connectivity index (χ2n) is 5.07. The van der Waals surface area contributed by atoms with Crippen LogP contribution < -0.4 is 9.47 Å². The summed E-state index contributed by atoms with van der Waals surface area (Å²) in [7, 11) is 3.25. The van der Waals surface area contributed by atoms with Crippen molar-refractivity contribution in [1.29, 1.82) is 0 Å². The Kier molecular flexibility index (Phi) is 4.44. The van der Waals surface area contributed by atoms with Crippen molar-refractivity contribution in [2.75, 3.05) is 14.2 Å². The minimum Gasteiger partial charge on any atom is -0.493 e. The van der Waals surface area contributed by atoms with Gasteiger partial charge >= 0.3 is 0 Å². The minimum atomic E-state index is 0.673. The van der Waals surface area contributed by atoms with Crippen LogP contribution in [-0.4, -0.2) is 14.2 Å². The molecule has 0 saturated carbocycles. The van der Waals surface area contributed by atoms with Crippen LogP contribution in [0.2, 0.25) is 0 Å². The summed E-state index contributed by atoms with van der Waals surface area (Å²) >= 11 is 3.67. The molecule has 118 valence electrons. The molecule has 2 aromatic carbocycles. The molecule has 0 aliphatic carbocycles. The van der Waals surface area contributed by atoms with Crippen LogP contribution in [-0.2, 0) is 0 Å². The Balaban J connectivity index is 2.15. The number of halogens is 1. The van der Waals surface area contributed by atoms with E-state index >= 15 is 0 Å². The number of rotatable bonds is 4. The lowest BCUT2D eigenvalue weighted by atomic mass is 10.1. The molecule has 1 heterocycles.